The zero-order chi connectivity index (χ0) is 15.3. The van der Waals surface area contributed by atoms with Crippen molar-refractivity contribution in [1.82, 2.24) is 4.72 Å². The maximum atomic E-state index is 12.1. The number of quaternary nitrogens is 1. The van der Waals surface area contributed by atoms with E-state index < -0.39 is 16.0 Å². The lowest BCUT2D eigenvalue weighted by molar-refractivity contribution is -0.906. The molecule has 2 rings (SSSR count). The van der Waals surface area contributed by atoms with Crippen molar-refractivity contribution in [3.8, 4) is 0 Å². The Morgan fingerprint density at radius 3 is 2.71 bits per heavy atom. The van der Waals surface area contributed by atoms with Crippen molar-refractivity contribution in [2.75, 3.05) is 39.4 Å². The number of rotatable bonds is 6. The van der Waals surface area contributed by atoms with Gasteiger partial charge in [-0.3, -0.25) is 0 Å². The number of benzene rings is 1. The van der Waals surface area contributed by atoms with E-state index in [1.54, 1.807) is 0 Å². The van der Waals surface area contributed by atoms with Crippen molar-refractivity contribution >= 4 is 16.0 Å². The number of hydrogen-bond donors (Lipinski definition) is 2. The molecule has 0 saturated carbocycles. The third kappa shape index (κ3) is 4.50. The number of nitrogens with one attached hydrogen (secondary N) is 2. The highest BCUT2D eigenvalue weighted by Crippen LogP contribution is 2.10. The van der Waals surface area contributed by atoms with Crippen LogP contribution in [0.1, 0.15) is 10.4 Å². The molecule has 1 aliphatic heterocycles. The van der Waals surface area contributed by atoms with Crippen molar-refractivity contribution in [1.29, 1.82) is 0 Å². The largest absolute Gasteiger partial charge is 0.545 e. The van der Waals surface area contributed by atoms with Crippen LogP contribution < -0.4 is 14.7 Å². The van der Waals surface area contributed by atoms with Crippen LogP contribution in [0.2, 0.25) is 0 Å². The SMILES string of the molecule is O=C([O-])c1cccc(S(=O)(=O)NCC[NH+]2CCOCC2)c1. The van der Waals surface area contributed by atoms with Crippen LogP contribution in [0.3, 0.4) is 0 Å². The number of morpholine rings is 1. The second-order valence-electron chi connectivity index (χ2n) is 4.83. The summed E-state index contributed by atoms with van der Waals surface area (Å²) in [7, 11) is -3.70. The number of sulfonamides is 1. The second kappa shape index (κ2) is 6.99. The number of carbonyl (C=O) groups is 1. The molecule has 21 heavy (non-hydrogen) atoms. The molecule has 1 heterocycles. The predicted molar refractivity (Wildman–Crippen MR) is 72.3 cm³/mol. The maximum absolute atomic E-state index is 12.1. The number of carbonyl (C=O) groups excluding carboxylic acids is 1. The Morgan fingerprint density at radius 1 is 1.33 bits per heavy atom. The third-order valence-corrected chi connectivity index (χ3v) is 4.81. The monoisotopic (exact) mass is 314 g/mol. The predicted octanol–water partition coefficient (Wildman–Crippen LogP) is -2.76. The van der Waals surface area contributed by atoms with E-state index in [2.05, 4.69) is 4.72 Å². The van der Waals surface area contributed by atoms with Gasteiger partial charge in [0.05, 0.1) is 37.2 Å². The van der Waals surface area contributed by atoms with Gasteiger partial charge in [0, 0.05) is 0 Å². The van der Waals surface area contributed by atoms with Crippen LogP contribution in [-0.2, 0) is 14.8 Å². The molecular weight excluding hydrogens is 296 g/mol. The van der Waals surface area contributed by atoms with Gasteiger partial charge in [-0.1, -0.05) is 12.1 Å². The van der Waals surface area contributed by atoms with Gasteiger partial charge in [-0.25, -0.2) is 13.1 Å². The molecule has 7 nitrogen and oxygen atoms in total. The Balaban J connectivity index is 1.94. The van der Waals surface area contributed by atoms with Gasteiger partial charge < -0.3 is 19.5 Å². The standard InChI is InChI=1S/C13H18N2O5S/c16-13(17)11-2-1-3-12(10-11)21(18,19)14-4-5-15-6-8-20-9-7-15/h1-3,10,14H,4-9H2,(H,16,17). The summed E-state index contributed by atoms with van der Waals surface area (Å²) in [6, 6.07) is 5.13. The molecule has 1 aromatic carbocycles. The molecular formula is C13H18N2O5S. The molecule has 1 saturated heterocycles. The first-order valence-electron chi connectivity index (χ1n) is 6.71. The average molecular weight is 314 g/mol. The molecule has 0 atom stereocenters. The molecule has 1 fully saturated rings. The van der Waals surface area contributed by atoms with Crippen molar-refractivity contribution in [3.63, 3.8) is 0 Å². The van der Waals surface area contributed by atoms with Crippen LogP contribution in [0.15, 0.2) is 29.2 Å². The summed E-state index contributed by atoms with van der Waals surface area (Å²) in [5.41, 5.74) is -0.156. The third-order valence-electron chi connectivity index (χ3n) is 3.35. The van der Waals surface area contributed by atoms with Crippen LogP contribution in [0.4, 0.5) is 0 Å². The van der Waals surface area contributed by atoms with E-state index in [0.29, 0.717) is 26.3 Å². The molecule has 1 aliphatic rings. The van der Waals surface area contributed by atoms with E-state index in [0.717, 1.165) is 19.2 Å². The van der Waals surface area contributed by atoms with Crippen molar-refractivity contribution < 1.29 is 28.0 Å². The zero-order valence-corrected chi connectivity index (χ0v) is 12.3. The van der Waals surface area contributed by atoms with Gasteiger partial charge in [-0.2, -0.15) is 0 Å². The number of carboxylic acids is 1. The van der Waals surface area contributed by atoms with E-state index in [1.165, 1.54) is 23.1 Å². The number of ether oxygens (including phenoxy) is 1. The second-order valence-corrected chi connectivity index (χ2v) is 6.59. The highest BCUT2D eigenvalue weighted by atomic mass is 32.2. The van der Waals surface area contributed by atoms with Gasteiger partial charge in [0.2, 0.25) is 10.0 Å². The molecule has 2 N–H and O–H groups in total. The van der Waals surface area contributed by atoms with Gasteiger partial charge in [0.15, 0.2) is 0 Å². The first-order chi connectivity index (χ1) is 9.99. The fourth-order valence-electron chi connectivity index (χ4n) is 2.15. The van der Waals surface area contributed by atoms with Crippen LogP contribution in [0.25, 0.3) is 0 Å². The van der Waals surface area contributed by atoms with E-state index in [1.807, 2.05) is 0 Å². The number of carboxylic acid groups (broad SMARTS) is 1. The molecule has 0 radical (unpaired) electrons. The number of hydrogen-bond acceptors (Lipinski definition) is 5. The number of aromatic carboxylic acids is 1. The Labute approximate surface area is 123 Å². The van der Waals surface area contributed by atoms with Gasteiger partial charge in [-0.15, -0.1) is 0 Å². The maximum Gasteiger partial charge on any atom is 0.240 e. The van der Waals surface area contributed by atoms with Crippen molar-refractivity contribution in [3.05, 3.63) is 29.8 Å². The normalized spacial score (nSPS) is 16.8. The minimum absolute atomic E-state index is 0.0684. The van der Waals surface area contributed by atoms with Crippen LogP contribution >= 0.6 is 0 Å². The lowest BCUT2D eigenvalue weighted by Crippen LogP contribution is -3.14. The average Bonchev–Trinajstić information content (AvgIpc) is 2.48. The van der Waals surface area contributed by atoms with E-state index in [4.69, 9.17) is 4.74 Å². The topological polar surface area (TPSA) is 100.0 Å². The zero-order valence-electron chi connectivity index (χ0n) is 11.5. The summed E-state index contributed by atoms with van der Waals surface area (Å²) < 4.78 is 31.9. The van der Waals surface area contributed by atoms with Gasteiger partial charge in [-0.05, 0) is 17.7 Å². The summed E-state index contributed by atoms with van der Waals surface area (Å²) >= 11 is 0. The van der Waals surface area contributed by atoms with Crippen molar-refractivity contribution in [2.45, 2.75) is 4.90 Å². The van der Waals surface area contributed by atoms with E-state index in [9.17, 15) is 18.3 Å². The summed E-state index contributed by atoms with van der Waals surface area (Å²) in [6.45, 7) is 4.07. The first-order valence-corrected chi connectivity index (χ1v) is 8.20. The Morgan fingerprint density at radius 2 is 2.05 bits per heavy atom. The van der Waals surface area contributed by atoms with E-state index in [-0.39, 0.29) is 10.5 Å². The molecule has 0 unspecified atom stereocenters. The molecule has 1 aromatic rings. The smallest absolute Gasteiger partial charge is 0.240 e. The molecule has 0 amide bonds. The quantitative estimate of drug-likeness (QED) is 0.593. The van der Waals surface area contributed by atoms with Crippen LogP contribution in [0.5, 0.6) is 0 Å². The molecule has 0 aromatic heterocycles. The Kier molecular flexibility index (Phi) is 5.29. The van der Waals surface area contributed by atoms with E-state index >= 15 is 0 Å². The fraction of sp³-hybridized carbons (Fsp3) is 0.462. The van der Waals surface area contributed by atoms with Gasteiger partial charge in [0.1, 0.15) is 13.1 Å². The lowest BCUT2D eigenvalue weighted by Gasteiger charge is -2.23. The lowest BCUT2D eigenvalue weighted by atomic mass is 10.2. The minimum atomic E-state index is -3.70. The Hall–Kier alpha value is -1.48. The molecule has 0 bridgehead atoms. The Bertz CT molecular complexity index is 596. The highest BCUT2D eigenvalue weighted by molar-refractivity contribution is 7.89. The molecule has 0 spiro atoms. The minimum Gasteiger partial charge on any atom is -0.545 e. The molecule has 8 heteroatoms. The molecule has 0 aliphatic carbocycles. The summed E-state index contributed by atoms with van der Waals surface area (Å²) in [5, 5.41) is 10.8. The summed E-state index contributed by atoms with van der Waals surface area (Å²) in [6.07, 6.45) is 0. The van der Waals surface area contributed by atoms with Crippen molar-refractivity contribution in [2.24, 2.45) is 0 Å². The highest BCUT2D eigenvalue weighted by Gasteiger charge is 2.17. The van der Waals surface area contributed by atoms with Crippen LogP contribution in [-0.4, -0.2) is 53.8 Å². The first kappa shape index (κ1) is 15.9. The molecule has 116 valence electrons. The fourth-order valence-corrected chi connectivity index (χ4v) is 3.22. The van der Waals surface area contributed by atoms with Crippen LogP contribution in [0, 0.1) is 0 Å². The summed E-state index contributed by atoms with van der Waals surface area (Å²) in [4.78, 5) is 12.0. The summed E-state index contributed by atoms with van der Waals surface area (Å²) in [5.74, 6) is -1.40. The van der Waals surface area contributed by atoms with Gasteiger partial charge >= 0.3 is 0 Å². The van der Waals surface area contributed by atoms with Gasteiger partial charge in [0.25, 0.3) is 0 Å².